The first-order chi connectivity index (χ1) is 44.7. The highest BCUT2D eigenvalue weighted by Gasteiger charge is 2.64. The van der Waals surface area contributed by atoms with Crippen LogP contribution in [0.25, 0.3) is 40.3 Å². The van der Waals surface area contributed by atoms with Crippen LogP contribution in [0.3, 0.4) is 0 Å². The molecule has 2 spiro atoms. The van der Waals surface area contributed by atoms with E-state index in [2.05, 4.69) is 335 Å². The van der Waals surface area contributed by atoms with Gasteiger partial charge in [-0.15, -0.1) is 22.7 Å². The monoisotopic (exact) mass is 1190 g/mol. The molecule has 0 fully saturated rings. The fraction of sp³-hybridized carbons (Fsp3) is 0.0244. The second-order valence-electron chi connectivity index (χ2n) is 23.4. The Morgan fingerprint density at radius 2 is 0.589 bits per heavy atom. The maximum absolute atomic E-state index is 8.45. The number of rotatable bonds is 8. The van der Waals surface area contributed by atoms with Crippen molar-refractivity contribution in [2.24, 2.45) is 0 Å². The summed E-state index contributed by atoms with van der Waals surface area (Å²) in [6, 6.07) is 115. The lowest BCUT2D eigenvalue weighted by Crippen LogP contribution is -2.48. The molecule has 8 heteroatoms. The second-order valence-corrected chi connectivity index (χ2v) is 25.5. The van der Waals surface area contributed by atoms with E-state index in [1.165, 1.54) is 40.3 Å². The lowest BCUT2D eigenvalue weighted by atomic mass is 9.53. The van der Waals surface area contributed by atoms with Crippen LogP contribution in [-0.4, -0.2) is 0 Å². The Bertz CT molecular complexity index is 5010. The minimum absolute atomic E-state index is 0.684. The van der Waals surface area contributed by atoms with E-state index in [0.29, 0.717) is 11.8 Å². The zero-order chi connectivity index (χ0) is 59.1. The number of furan rings is 2. The molecule has 6 nitrogen and oxygen atoms in total. The van der Waals surface area contributed by atoms with E-state index in [4.69, 9.17) is 8.83 Å². The Morgan fingerprint density at radius 3 is 0.967 bits per heavy atom. The van der Waals surface area contributed by atoms with E-state index >= 15 is 0 Å². The van der Waals surface area contributed by atoms with Crippen LogP contribution in [0.4, 0.5) is 68.6 Å². The van der Waals surface area contributed by atoms with Gasteiger partial charge < -0.3 is 18.6 Å². The van der Waals surface area contributed by atoms with E-state index in [1.54, 1.807) is 0 Å². The Labute approximate surface area is 527 Å². The summed E-state index contributed by atoms with van der Waals surface area (Å²) in [5, 5.41) is 4.86. The van der Waals surface area contributed by atoms with Crippen molar-refractivity contribution in [3.05, 3.63) is 360 Å². The Morgan fingerprint density at radius 1 is 0.278 bits per heavy atom. The largest absolute Gasteiger partial charge is 0.443 e. The minimum Gasteiger partial charge on any atom is -0.443 e. The average Bonchev–Trinajstić information content (AvgIpc) is 1.28. The highest BCUT2D eigenvalue weighted by molar-refractivity contribution is 7.26. The van der Waals surface area contributed by atoms with Crippen LogP contribution in [0.2, 0.25) is 0 Å². The summed E-state index contributed by atoms with van der Waals surface area (Å²) in [6.45, 7) is 0. The number of fused-ring (bicyclic) bond motifs is 20. The fourth-order valence-corrected chi connectivity index (χ4v) is 17.8. The van der Waals surface area contributed by atoms with Gasteiger partial charge in [0.2, 0.25) is 11.8 Å². The van der Waals surface area contributed by atoms with Crippen molar-refractivity contribution in [2.45, 2.75) is 10.8 Å². The molecule has 2 aliphatic heterocycles. The predicted octanol–water partition coefficient (Wildman–Crippen LogP) is 23.2. The van der Waals surface area contributed by atoms with Crippen LogP contribution < -0.4 is 19.6 Å². The molecule has 0 amide bonds. The van der Waals surface area contributed by atoms with Crippen LogP contribution in [-0.2, 0) is 10.8 Å². The molecule has 16 aromatic rings. The molecule has 0 radical (unpaired) electrons. The SMILES string of the molecule is c1ccc(N2c3ccccc3C3(c4ccccc42)c2cc(N(c4ccccc4)c4cccc5c4sc4ccccc45)oc2C2(c4ccccc4N(c4ccccc4)c4ccccc42)c2cc(N(c4ccccc4)c4cccc5c4sc4ccccc45)oc23)cc1. The van der Waals surface area contributed by atoms with E-state index in [0.717, 1.165) is 102 Å². The van der Waals surface area contributed by atoms with Gasteiger partial charge in [-0.1, -0.05) is 206 Å². The van der Waals surface area contributed by atoms with Crippen molar-refractivity contribution in [2.75, 3.05) is 19.6 Å². The summed E-state index contributed by atoms with van der Waals surface area (Å²) in [5.41, 5.74) is 14.2. The second kappa shape index (κ2) is 19.7. The Kier molecular flexibility index (Phi) is 11.1. The summed E-state index contributed by atoms with van der Waals surface area (Å²) in [4.78, 5) is 9.59. The molecule has 0 saturated carbocycles. The highest BCUT2D eigenvalue weighted by Crippen LogP contribution is 2.70. The maximum Gasteiger partial charge on any atom is 0.205 e. The number of benzene rings is 12. The van der Waals surface area contributed by atoms with Gasteiger partial charge >= 0.3 is 0 Å². The van der Waals surface area contributed by atoms with Gasteiger partial charge in [-0.2, -0.15) is 0 Å². The first-order valence-corrected chi connectivity index (χ1v) is 32.2. The maximum atomic E-state index is 8.45. The molecule has 424 valence electrons. The van der Waals surface area contributed by atoms with Crippen LogP contribution in [0.5, 0.6) is 0 Å². The summed E-state index contributed by atoms with van der Waals surface area (Å²) >= 11 is 3.65. The van der Waals surface area contributed by atoms with Gasteiger partial charge in [0.25, 0.3) is 0 Å². The molecule has 1 aliphatic carbocycles. The number of para-hydroxylation sites is 8. The van der Waals surface area contributed by atoms with Gasteiger partial charge in [0.1, 0.15) is 22.4 Å². The number of anilines is 12. The molecule has 0 bridgehead atoms. The van der Waals surface area contributed by atoms with Crippen molar-refractivity contribution >= 4 is 132 Å². The van der Waals surface area contributed by atoms with E-state index < -0.39 is 10.8 Å². The summed E-state index contributed by atoms with van der Waals surface area (Å²) in [7, 11) is 0. The van der Waals surface area contributed by atoms with Crippen LogP contribution in [0.1, 0.15) is 44.9 Å². The number of hydrogen-bond acceptors (Lipinski definition) is 8. The fourth-order valence-electron chi connectivity index (χ4n) is 15.3. The third-order valence-electron chi connectivity index (χ3n) is 18.9. The zero-order valence-electron chi connectivity index (χ0n) is 48.4. The van der Waals surface area contributed by atoms with Gasteiger partial charge in [-0.3, -0.25) is 9.80 Å². The molecule has 6 heterocycles. The van der Waals surface area contributed by atoms with Crippen LogP contribution >= 0.6 is 22.7 Å². The summed E-state index contributed by atoms with van der Waals surface area (Å²) < 4.78 is 21.7. The Hall–Kier alpha value is -11.2. The van der Waals surface area contributed by atoms with E-state index in [1.807, 2.05) is 22.7 Å². The molecule has 19 rings (SSSR count). The Balaban J connectivity index is 1.00. The van der Waals surface area contributed by atoms with Crippen molar-refractivity contribution in [3.63, 3.8) is 0 Å². The number of nitrogens with zero attached hydrogens (tertiary/aromatic N) is 4. The molecule has 12 aromatic carbocycles. The number of thiophene rings is 2. The lowest BCUT2D eigenvalue weighted by molar-refractivity contribution is 0.398. The predicted molar refractivity (Wildman–Crippen MR) is 373 cm³/mol. The highest BCUT2D eigenvalue weighted by atomic mass is 32.1. The third kappa shape index (κ3) is 7.02. The quantitative estimate of drug-likeness (QED) is 0.151. The number of hydrogen-bond donors (Lipinski definition) is 0. The standard InChI is InChI=1S/C82H52N4O2S2/c1-5-27-53(28-6-1)83-67-43-19-15-39-61(67)81(62-40-16-20-44-68(62)83)65-51-75(85(55-31-9-3-10-32-55)71-47-25-37-59-57-35-13-23-49-73(57)89-77(59)71)88-80(65)82(63-41-17-21-45-69(63)84(54-29-7-2-8-30-54)70-46-22-18-42-64(70)82)66-52-76(87-79(66)81)86(56-33-11-4-12-34-56)72-48-26-38-60-58-36-14-24-50-74(58)90-78(60)72/h1-52H. The van der Waals surface area contributed by atoms with Crippen LogP contribution in [0.15, 0.2) is 324 Å². The third-order valence-corrected chi connectivity index (χ3v) is 21.3. The smallest absolute Gasteiger partial charge is 0.205 e. The molecule has 3 aliphatic rings. The normalized spacial score (nSPS) is 13.9. The average molecular weight is 1190 g/mol. The molecule has 90 heavy (non-hydrogen) atoms. The van der Waals surface area contributed by atoms with E-state index in [9.17, 15) is 0 Å². The molecular formula is C82H52N4O2S2. The van der Waals surface area contributed by atoms with Gasteiger partial charge in [-0.25, -0.2) is 0 Å². The van der Waals surface area contributed by atoms with Gasteiger partial charge in [0.15, 0.2) is 0 Å². The van der Waals surface area contributed by atoms with Gasteiger partial charge in [0.05, 0.1) is 43.5 Å². The van der Waals surface area contributed by atoms with Crippen molar-refractivity contribution in [1.29, 1.82) is 0 Å². The topological polar surface area (TPSA) is 39.2 Å². The zero-order valence-corrected chi connectivity index (χ0v) is 50.1. The summed E-state index contributed by atoms with van der Waals surface area (Å²) in [6.07, 6.45) is 0. The molecule has 0 saturated heterocycles. The molecule has 0 unspecified atom stereocenters. The first-order valence-electron chi connectivity index (χ1n) is 30.6. The van der Waals surface area contributed by atoms with Crippen molar-refractivity contribution in [3.8, 4) is 0 Å². The van der Waals surface area contributed by atoms with Crippen molar-refractivity contribution < 1.29 is 8.83 Å². The van der Waals surface area contributed by atoms with Gasteiger partial charge in [0, 0.05) is 77.0 Å². The van der Waals surface area contributed by atoms with Crippen molar-refractivity contribution in [1.82, 2.24) is 0 Å². The molecule has 0 atom stereocenters. The molecular weight excluding hydrogens is 1140 g/mol. The molecule has 0 N–H and O–H groups in total. The first kappa shape index (κ1) is 50.9. The molecule has 4 aromatic heterocycles. The summed E-state index contributed by atoms with van der Waals surface area (Å²) in [5.74, 6) is 2.99. The van der Waals surface area contributed by atoms with Crippen LogP contribution in [0, 0.1) is 0 Å². The van der Waals surface area contributed by atoms with Gasteiger partial charge in [-0.05, 0) is 119 Å². The lowest BCUT2D eigenvalue weighted by Gasteiger charge is -2.51. The minimum atomic E-state index is -1.16. The van der Waals surface area contributed by atoms with E-state index in [-0.39, 0.29) is 0 Å².